The minimum Gasteiger partial charge on any atom is -0.363 e. The molecule has 16 heteroatoms. The van der Waals surface area contributed by atoms with Crippen LogP contribution in [0.3, 0.4) is 0 Å². The van der Waals surface area contributed by atoms with E-state index in [4.69, 9.17) is 46.4 Å². The van der Waals surface area contributed by atoms with E-state index in [9.17, 15) is 40.0 Å². The lowest BCUT2D eigenvalue weighted by Crippen LogP contribution is -2.44. The number of nitro benzene ring substituents is 2. The first kappa shape index (κ1) is 40.3. The predicted octanol–water partition coefficient (Wildman–Crippen LogP) is 9.50. The van der Waals surface area contributed by atoms with Gasteiger partial charge in [0, 0.05) is 80.2 Å². The highest BCUT2D eigenvalue weighted by Gasteiger charge is 2.52. The number of aliphatic hydroxyl groups is 2. The quantitative estimate of drug-likeness (QED) is 0.113. The summed E-state index contributed by atoms with van der Waals surface area (Å²) in [6.07, 6.45) is 0. The molecule has 58 heavy (non-hydrogen) atoms. The third-order valence-electron chi connectivity index (χ3n) is 9.94. The number of benzene rings is 6. The Hall–Kier alpha value is -5.86. The molecule has 2 atom stereocenters. The zero-order valence-electron chi connectivity index (χ0n) is 29.8. The average Bonchev–Trinajstić information content (AvgIpc) is 3.57. The Bertz CT molecular complexity index is 2540. The van der Waals surface area contributed by atoms with E-state index >= 15 is 0 Å². The molecule has 2 heterocycles. The second kappa shape index (κ2) is 15.8. The summed E-state index contributed by atoms with van der Waals surface area (Å²) in [5.74, 6) is -0.820. The number of carbonyl (C=O) groups excluding carboxylic acids is 2. The topological polar surface area (TPSA) is 167 Å². The van der Waals surface area contributed by atoms with Gasteiger partial charge in [-0.25, -0.2) is 0 Å². The van der Waals surface area contributed by atoms with Crippen molar-refractivity contribution in [1.29, 1.82) is 0 Å². The zero-order chi connectivity index (χ0) is 41.5. The Morgan fingerprint density at radius 3 is 1.45 bits per heavy atom. The molecular formula is C42H28Cl4N4O8. The van der Waals surface area contributed by atoms with Crippen LogP contribution in [0.1, 0.15) is 54.1 Å². The number of nitro groups is 2. The van der Waals surface area contributed by atoms with Crippen molar-refractivity contribution in [2.75, 3.05) is 0 Å². The number of rotatable bonds is 8. The Morgan fingerprint density at radius 1 is 0.534 bits per heavy atom. The smallest absolute Gasteiger partial charge is 0.269 e. The maximum atomic E-state index is 13.2. The monoisotopic (exact) mass is 856 g/mol. The molecule has 6 aromatic rings. The second-order valence-electron chi connectivity index (χ2n) is 13.3. The molecule has 12 nitrogen and oxygen atoms in total. The van der Waals surface area contributed by atoms with E-state index in [-0.39, 0.29) is 40.1 Å². The summed E-state index contributed by atoms with van der Waals surface area (Å²) in [6.45, 7) is 0.0575. The Balaban J connectivity index is 0.000000177. The number of carbonyl (C=O) groups is 2. The number of halogens is 4. The van der Waals surface area contributed by atoms with Crippen LogP contribution in [0.25, 0.3) is 0 Å². The van der Waals surface area contributed by atoms with Gasteiger partial charge in [0.2, 0.25) is 0 Å². The van der Waals surface area contributed by atoms with Gasteiger partial charge in [0.1, 0.15) is 0 Å². The largest absolute Gasteiger partial charge is 0.363 e. The van der Waals surface area contributed by atoms with Crippen LogP contribution in [0.15, 0.2) is 133 Å². The molecule has 0 fully saturated rings. The zero-order valence-corrected chi connectivity index (χ0v) is 32.8. The van der Waals surface area contributed by atoms with Crippen molar-refractivity contribution in [1.82, 2.24) is 9.80 Å². The van der Waals surface area contributed by atoms with Crippen molar-refractivity contribution in [3.8, 4) is 0 Å². The number of nitrogens with zero attached hydrogens (tertiary/aromatic N) is 4. The van der Waals surface area contributed by atoms with E-state index < -0.39 is 33.1 Å². The van der Waals surface area contributed by atoms with Gasteiger partial charge in [-0.2, -0.15) is 0 Å². The molecule has 0 aromatic heterocycles. The van der Waals surface area contributed by atoms with Gasteiger partial charge in [-0.05, 0) is 53.6 Å². The summed E-state index contributed by atoms with van der Waals surface area (Å²) in [5, 5.41) is 46.8. The number of hydrogen-bond donors (Lipinski definition) is 2. The molecule has 2 N–H and O–H groups in total. The minimum atomic E-state index is -1.81. The molecule has 0 saturated heterocycles. The molecule has 2 amide bonds. The van der Waals surface area contributed by atoms with Crippen molar-refractivity contribution >= 4 is 69.6 Å². The molecular weight excluding hydrogens is 830 g/mol. The standard InChI is InChI=1S/2C21H14Cl2N2O4/c22-15-8-6-14(7-9-15)21(27)17-2-1-3-18(23)19(17)20(26)24(21)12-13-4-10-16(11-5-13)25(28)29;22-15-8-6-14(7-9-15)21(27)19-17(2-1-3-18(19)23)20(26)24(21)12-13-4-10-16(11-5-13)25(28)29/h2*1-11,27H,12H2. The van der Waals surface area contributed by atoms with Crippen molar-refractivity contribution in [3.63, 3.8) is 0 Å². The fraction of sp³-hybridized carbons (Fsp3) is 0.0952. The molecule has 8 rings (SSSR count). The van der Waals surface area contributed by atoms with Gasteiger partial charge < -0.3 is 10.2 Å². The highest BCUT2D eigenvalue weighted by Crippen LogP contribution is 2.47. The van der Waals surface area contributed by atoms with Crippen molar-refractivity contribution in [2.24, 2.45) is 0 Å². The molecule has 0 saturated carbocycles. The van der Waals surface area contributed by atoms with E-state index in [0.717, 1.165) is 0 Å². The molecule has 6 aromatic carbocycles. The van der Waals surface area contributed by atoms with E-state index in [1.807, 2.05) is 0 Å². The summed E-state index contributed by atoms with van der Waals surface area (Å²) in [4.78, 5) is 49.7. The third kappa shape index (κ3) is 7.15. The van der Waals surface area contributed by atoms with E-state index in [0.29, 0.717) is 49.0 Å². The molecule has 292 valence electrons. The van der Waals surface area contributed by atoms with Gasteiger partial charge in [0.05, 0.1) is 20.4 Å². The molecule has 0 bridgehead atoms. The summed E-state index contributed by atoms with van der Waals surface area (Å²) in [7, 11) is 0. The van der Waals surface area contributed by atoms with Crippen LogP contribution in [0.4, 0.5) is 11.4 Å². The average molecular weight is 859 g/mol. The molecule has 2 aliphatic rings. The maximum Gasteiger partial charge on any atom is 0.269 e. The Kier molecular flexibility index (Phi) is 11.0. The number of non-ortho nitro benzene ring substituents is 2. The van der Waals surface area contributed by atoms with Gasteiger partial charge in [-0.3, -0.25) is 39.6 Å². The lowest BCUT2D eigenvalue weighted by atomic mass is 9.93. The summed E-state index contributed by atoms with van der Waals surface area (Å²) in [5.41, 5.74) is -0.328. The number of amides is 2. The third-order valence-corrected chi connectivity index (χ3v) is 11.1. The lowest BCUT2D eigenvalue weighted by molar-refractivity contribution is -0.385. The van der Waals surface area contributed by atoms with Gasteiger partial charge in [0.25, 0.3) is 23.2 Å². The molecule has 0 spiro atoms. The predicted molar refractivity (Wildman–Crippen MR) is 218 cm³/mol. The van der Waals surface area contributed by atoms with E-state index in [2.05, 4.69) is 0 Å². The van der Waals surface area contributed by atoms with Crippen LogP contribution in [0, 0.1) is 20.2 Å². The number of hydrogen-bond acceptors (Lipinski definition) is 8. The highest BCUT2D eigenvalue weighted by atomic mass is 35.5. The van der Waals surface area contributed by atoms with Crippen molar-refractivity contribution < 1.29 is 29.6 Å². The normalized spacial score (nSPS) is 18.0. The Labute approximate surface area is 350 Å². The van der Waals surface area contributed by atoms with Gasteiger partial charge in [0.15, 0.2) is 11.4 Å². The first-order valence-corrected chi connectivity index (χ1v) is 18.8. The SMILES string of the molecule is O=C1c2c(Cl)cccc2C(O)(c2ccc(Cl)cc2)N1Cc1ccc([N+](=O)[O-])cc1.O=C1c2cccc(Cl)c2C(O)(c2ccc(Cl)cc2)N1Cc1ccc([N+](=O)[O-])cc1. The molecule has 2 unspecified atom stereocenters. The van der Waals surface area contributed by atoms with Crippen molar-refractivity contribution in [2.45, 2.75) is 24.5 Å². The first-order chi connectivity index (χ1) is 27.6. The first-order valence-electron chi connectivity index (χ1n) is 17.3. The van der Waals surface area contributed by atoms with E-state index in [1.54, 1.807) is 109 Å². The molecule has 0 radical (unpaired) electrons. The van der Waals surface area contributed by atoms with Crippen LogP contribution in [-0.4, -0.2) is 41.7 Å². The van der Waals surface area contributed by atoms with Crippen LogP contribution < -0.4 is 0 Å². The van der Waals surface area contributed by atoms with Gasteiger partial charge in [-0.1, -0.05) is 113 Å². The van der Waals surface area contributed by atoms with Gasteiger partial charge in [-0.15, -0.1) is 0 Å². The molecule has 2 aliphatic heterocycles. The second-order valence-corrected chi connectivity index (χ2v) is 15.0. The fourth-order valence-electron chi connectivity index (χ4n) is 7.10. The molecule has 0 aliphatic carbocycles. The van der Waals surface area contributed by atoms with E-state index in [1.165, 1.54) is 34.1 Å². The van der Waals surface area contributed by atoms with Crippen LogP contribution in [0.2, 0.25) is 20.1 Å². The lowest BCUT2D eigenvalue weighted by Gasteiger charge is -2.35. The number of fused-ring (bicyclic) bond motifs is 2. The van der Waals surface area contributed by atoms with Crippen molar-refractivity contribution in [3.05, 3.63) is 218 Å². The summed E-state index contributed by atoms with van der Waals surface area (Å²) < 4.78 is 0. The van der Waals surface area contributed by atoms with Crippen LogP contribution in [0.5, 0.6) is 0 Å². The fourth-order valence-corrected chi connectivity index (χ4v) is 7.92. The highest BCUT2D eigenvalue weighted by molar-refractivity contribution is 6.34. The minimum absolute atomic E-state index is 0.0287. The Morgan fingerprint density at radius 2 is 0.966 bits per heavy atom. The van der Waals surface area contributed by atoms with Gasteiger partial charge >= 0.3 is 0 Å². The summed E-state index contributed by atoms with van der Waals surface area (Å²) in [6, 6.07) is 34.5. The summed E-state index contributed by atoms with van der Waals surface area (Å²) >= 11 is 24.6. The maximum absolute atomic E-state index is 13.2. The van der Waals surface area contributed by atoms with Crippen LogP contribution >= 0.6 is 46.4 Å². The van der Waals surface area contributed by atoms with Crippen LogP contribution in [-0.2, 0) is 24.5 Å².